The molecule has 0 bridgehead atoms. The van der Waals surface area contributed by atoms with Crippen LogP contribution in [0.4, 0.5) is 0 Å². The Labute approximate surface area is 210 Å². The summed E-state index contributed by atoms with van der Waals surface area (Å²) in [6.45, 7) is 4.74. The van der Waals surface area contributed by atoms with Crippen molar-refractivity contribution in [2.45, 2.75) is 39.4 Å². The van der Waals surface area contributed by atoms with Crippen LogP contribution in [0.3, 0.4) is 0 Å². The van der Waals surface area contributed by atoms with Crippen molar-refractivity contribution in [2.24, 2.45) is 5.92 Å². The van der Waals surface area contributed by atoms with E-state index in [9.17, 15) is 9.59 Å². The van der Waals surface area contributed by atoms with Crippen molar-refractivity contribution < 1.29 is 18.7 Å². The number of carbonyl (C=O) groups is 2. The molecular weight excluding hydrogens is 466 g/mol. The van der Waals surface area contributed by atoms with Crippen LogP contribution >= 0.6 is 11.6 Å². The van der Waals surface area contributed by atoms with Gasteiger partial charge < -0.3 is 14.1 Å². The van der Waals surface area contributed by atoms with Crippen molar-refractivity contribution in [1.29, 1.82) is 0 Å². The number of halogens is 1. The molecule has 0 N–H and O–H groups in total. The monoisotopic (exact) mass is 495 g/mol. The molecular formula is C27H30ClN3O4. The van der Waals surface area contributed by atoms with Crippen molar-refractivity contribution in [3.63, 3.8) is 0 Å². The third kappa shape index (κ3) is 6.71. The lowest BCUT2D eigenvalue weighted by Crippen LogP contribution is -2.43. The first-order valence-electron chi connectivity index (χ1n) is 11.9. The molecule has 0 radical (unpaired) electrons. The summed E-state index contributed by atoms with van der Waals surface area (Å²) in [6, 6.07) is 17.9. The normalized spacial score (nSPS) is 15.9. The van der Waals surface area contributed by atoms with Crippen LogP contribution in [0, 0.1) is 5.92 Å². The highest BCUT2D eigenvalue weighted by Crippen LogP contribution is 2.22. The zero-order valence-corrected chi connectivity index (χ0v) is 20.6. The van der Waals surface area contributed by atoms with Gasteiger partial charge >= 0.3 is 5.97 Å². The van der Waals surface area contributed by atoms with E-state index in [4.69, 9.17) is 20.8 Å². The van der Waals surface area contributed by atoms with Gasteiger partial charge in [0.15, 0.2) is 5.69 Å². The minimum Gasteiger partial charge on any atom is -0.466 e. The Morgan fingerprint density at radius 3 is 2.66 bits per heavy atom. The molecule has 1 amide bonds. The summed E-state index contributed by atoms with van der Waals surface area (Å²) in [7, 11) is 0. The molecule has 8 heteroatoms. The maximum atomic E-state index is 13.1. The van der Waals surface area contributed by atoms with E-state index in [1.165, 1.54) is 6.26 Å². The smallest absolute Gasteiger partial charge is 0.310 e. The zero-order chi connectivity index (χ0) is 24.6. The SMILES string of the molecule is CCOC(=O)C1CCCN(C(=O)c2coc(CN(Cc3ccccc3)Cc3ccccc3Cl)n2)C1. The van der Waals surface area contributed by atoms with E-state index in [1.807, 2.05) is 42.5 Å². The molecule has 2 heterocycles. The van der Waals surface area contributed by atoms with Crippen LogP contribution in [-0.2, 0) is 29.2 Å². The van der Waals surface area contributed by atoms with Gasteiger partial charge in [0.1, 0.15) is 6.26 Å². The minimum atomic E-state index is -0.295. The second kappa shape index (κ2) is 12.0. The number of piperidine rings is 1. The third-order valence-corrected chi connectivity index (χ3v) is 6.43. The fraction of sp³-hybridized carbons (Fsp3) is 0.370. The summed E-state index contributed by atoms with van der Waals surface area (Å²) in [5.74, 6) is -0.317. The molecule has 35 heavy (non-hydrogen) atoms. The highest BCUT2D eigenvalue weighted by molar-refractivity contribution is 6.31. The number of aromatic nitrogens is 1. The molecule has 1 unspecified atom stereocenters. The zero-order valence-electron chi connectivity index (χ0n) is 19.9. The summed E-state index contributed by atoms with van der Waals surface area (Å²) >= 11 is 6.41. The number of likely N-dealkylation sites (tertiary alicyclic amines) is 1. The number of nitrogens with zero attached hydrogens (tertiary/aromatic N) is 3. The summed E-state index contributed by atoms with van der Waals surface area (Å²) in [5.41, 5.74) is 2.41. The van der Waals surface area contributed by atoms with E-state index in [1.54, 1.807) is 11.8 Å². The van der Waals surface area contributed by atoms with Crippen LogP contribution < -0.4 is 0 Å². The number of amides is 1. The van der Waals surface area contributed by atoms with Crippen LogP contribution in [0.15, 0.2) is 65.3 Å². The van der Waals surface area contributed by atoms with Gasteiger partial charge in [-0.15, -0.1) is 0 Å². The lowest BCUT2D eigenvalue weighted by molar-refractivity contribution is -0.149. The first-order valence-corrected chi connectivity index (χ1v) is 12.3. The highest BCUT2D eigenvalue weighted by Gasteiger charge is 2.31. The predicted molar refractivity (Wildman–Crippen MR) is 133 cm³/mol. The largest absolute Gasteiger partial charge is 0.466 e. The second-order valence-electron chi connectivity index (χ2n) is 8.69. The molecule has 0 saturated carbocycles. The van der Waals surface area contributed by atoms with Crippen LogP contribution in [0.5, 0.6) is 0 Å². The van der Waals surface area contributed by atoms with Gasteiger partial charge in [-0.3, -0.25) is 14.5 Å². The molecule has 1 aliphatic rings. The third-order valence-electron chi connectivity index (χ3n) is 6.06. The first-order chi connectivity index (χ1) is 17.0. The number of esters is 1. The second-order valence-corrected chi connectivity index (χ2v) is 9.10. The molecule has 0 spiro atoms. The van der Waals surface area contributed by atoms with Crippen LogP contribution in [0.25, 0.3) is 0 Å². The average Bonchev–Trinajstić information content (AvgIpc) is 3.34. The quantitative estimate of drug-likeness (QED) is 0.391. The van der Waals surface area contributed by atoms with E-state index in [0.717, 1.165) is 24.0 Å². The lowest BCUT2D eigenvalue weighted by Gasteiger charge is -2.30. The van der Waals surface area contributed by atoms with E-state index < -0.39 is 0 Å². The molecule has 2 aromatic carbocycles. The van der Waals surface area contributed by atoms with Gasteiger partial charge in [-0.05, 0) is 37.0 Å². The van der Waals surface area contributed by atoms with E-state index in [2.05, 4.69) is 22.0 Å². The van der Waals surface area contributed by atoms with Crippen molar-refractivity contribution in [2.75, 3.05) is 19.7 Å². The topological polar surface area (TPSA) is 75.9 Å². The molecule has 1 atom stereocenters. The van der Waals surface area contributed by atoms with E-state index in [-0.39, 0.29) is 23.5 Å². The molecule has 7 nitrogen and oxygen atoms in total. The Balaban J connectivity index is 1.45. The molecule has 184 valence electrons. The molecule has 3 aromatic rings. The van der Waals surface area contributed by atoms with Gasteiger partial charge in [-0.25, -0.2) is 4.98 Å². The molecule has 1 aromatic heterocycles. The molecule has 0 aliphatic carbocycles. The van der Waals surface area contributed by atoms with Gasteiger partial charge in [-0.1, -0.05) is 60.1 Å². The Bertz CT molecular complexity index is 1130. The van der Waals surface area contributed by atoms with Gasteiger partial charge in [0.25, 0.3) is 5.91 Å². The Morgan fingerprint density at radius 1 is 1.11 bits per heavy atom. The summed E-state index contributed by atoms with van der Waals surface area (Å²) < 4.78 is 10.8. The molecule has 1 fully saturated rings. The standard InChI is InChI=1S/C27H30ClN3O4/c1-2-34-27(33)22-12-8-14-31(17-22)26(32)24-19-35-25(29-24)18-30(15-20-9-4-3-5-10-20)16-21-11-6-7-13-23(21)28/h3-7,9-11,13,19,22H,2,8,12,14-18H2,1H3. The van der Waals surface area contributed by atoms with Crippen LogP contribution in [0.1, 0.15) is 47.3 Å². The number of rotatable bonds is 9. The molecule has 1 aliphatic heterocycles. The van der Waals surface area contributed by atoms with Crippen molar-refractivity contribution >= 4 is 23.5 Å². The van der Waals surface area contributed by atoms with Gasteiger partial charge in [0.05, 0.1) is 19.1 Å². The number of ether oxygens (including phenoxy) is 1. The van der Waals surface area contributed by atoms with Crippen LogP contribution in [0.2, 0.25) is 5.02 Å². The number of oxazole rings is 1. The Hall–Kier alpha value is -3.16. The van der Waals surface area contributed by atoms with Crippen molar-refractivity contribution in [3.05, 3.63) is 88.6 Å². The summed E-state index contributed by atoms with van der Waals surface area (Å²) in [4.78, 5) is 33.5. The van der Waals surface area contributed by atoms with Crippen molar-refractivity contribution in [1.82, 2.24) is 14.8 Å². The number of benzene rings is 2. The summed E-state index contributed by atoms with van der Waals surface area (Å²) in [5, 5.41) is 0.704. The minimum absolute atomic E-state index is 0.227. The average molecular weight is 496 g/mol. The predicted octanol–water partition coefficient (Wildman–Crippen LogP) is 4.95. The maximum Gasteiger partial charge on any atom is 0.310 e. The summed E-state index contributed by atoms with van der Waals surface area (Å²) in [6.07, 6.45) is 2.88. The highest BCUT2D eigenvalue weighted by atomic mass is 35.5. The van der Waals surface area contributed by atoms with E-state index in [0.29, 0.717) is 50.2 Å². The fourth-order valence-corrected chi connectivity index (χ4v) is 4.52. The Kier molecular flexibility index (Phi) is 8.55. The number of hydrogen-bond donors (Lipinski definition) is 0. The number of hydrogen-bond acceptors (Lipinski definition) is 6. The Morgan fingerprint density at radius 2 is 1.89 bits per heavy atom. The van der Waals surface area contributed by atoms with Gasteiger partial charge in [-0.2, -0.15) is 0 Å². The fourth-order valence-electron chi connectivity index (χ4n) is 4.33. The van der Waals surface area contributed by atoms with Gasteiger partial charge in [0.2, 0.25) is 5.89 Å². The van der Waals surface area contributed by atoms with Crippen LogP contribution in [-0.4, -0.2) is 46.4 Å². The van der Waals surface area contributed by atoms with E-state index >= 15 is 0 Å². The molecule has 4 rings (SSSR count). The maximum absolute atomic E-state index is 13.1. The first kappa shape index (κ1) is 24.9. The molecule has 1 saturated heterocycles. The van der Waals surface area contributed by atoms with Gasteiger partial charge in [0, 0.05) is 31.2 Å². The number of carbonyl (C=O) groups excluding carboxylic acids is 2. The lowest BCUT2D eigenvalue weighted by atomic mass is 9.98. The van der Waals surface area contributed by atoms with Crippen molar-refractivity contribution in [3.8, 4) is 0 Å².